The van der Waals surface area contributed by atoms with Gasteiger partial charge in [0.15, 0.2) is 0 Å². The van der Waals surface area contributed by atoms with Gasteiger partial charge in [-0.05, 0) is 72.8 Å². The SMILES string of the molecule is O=C1c2cccc(Oc3ccc(Oc4cccc5c4C(=O)N(c4ccccc4)C5=O)cc3)c2C(=O)N1c1ccccc1. The fraction of sp³-hybridized carbons (Fsp3) is 0. The Morgan fingerprint density at radius 3 is 1.14 bits per heavy atom. The molecule has 0 bridgehead atoms. The number of anilines is 2. The van der Waals surface area contributed by atoms with Crippen LogP contribution in [0, 0.1) is 0 Å². The average molecular weight is 553 g/mol. The predicted molar refractivity (Wildman–Crippen MR) is 155 cm³/mol. The third-order valence-corrected chi connectivity index (χ3v) is 7.06. The third-order valence-electron chi connectivity index (χ3n) is 7.06. The molecular weight excluding hydrogens is 532 g/mol. The van der Waals surface area contributed by atoms with Crippen LogP contribution >= 0.6 is 0 Å². The van der Waals surface area contributed by atoms with Gasteiger partial charge in [-0.1, -0.05) is 48.5 Å². The van der Waals surface area contributed by atoms with Crippen molar-refractivity contribution in [1.82, 2.24) is 0 Å². The standard InChI is InChI=1S/C34H20N2O6/c37-31-25-13-7-15-27(29(25)33(39)35(31)21-9-3-1-4-10-21)41-23-17-19-24(20-18-23)42-28-16-8-14-26-30(28)34(40)36(32(26)38)22-11-5-2-6-12-22/h1-20H. The van der Waals surface area contributed by atoms with Gasteiger partial charge >= 0.3 is 0 Å². The monoisotopic (exact) mass is 552 g/mol. The summed E-state index contributed by atoms with van der Waals surface area (Å²) in [6.07, 6.45) is 0. The maximum atomic E-state index is 13.3. The summed E-state index contributed by atoms with van der Waals surface area (Å²) in [6, 6.07) is 33.9. The van der Waals surface area contributed by atoms with Crippen molar-refractivity contribution in [3.8, 4) is 23.0 Å². The lowest BCUT2D eigenvalue weighted by Crippen LogP contribution is -2.29. The Bertz CT molecular complexity index is 1760. The number of amides is 4. The van der Waals surface area contributed by atoms with Crippen molar-refractivity contribution >= 4 is 35.0 Å². The zero-order chi connectivity index (χ0) is 28.8. The van der Waals surface area contributed by atoms with Crippen molar-refractivity contribution < 1.29 is 28.7 Å². The molecule has 0 aromatic heterocycles. The van der Waals surface area contributed by atoms with Crippen LogP contribution in [0.5, 0.6) is 23.0 Å². The molecule has 0 aliphatic carbocycles. The molecule has 5 aromatic rings. The molecule has 2 heterocycles. The molecule has 0 N–H and O–H groups in total. The first-order chi connectivity index (χ1) is 20.5. The summed E-state index contributed by atoms with van der Waals surface area (Å²) in [5.41, 5.74) is 1.88. The smallest absolute Gasteiger partial charge is 0.269 e. The largest absolute Gasteiger partial charge is 0.457 e. The maximum Gasteiger partial charge on any atom is 0.269 e. The zero-order valence-electron chi connectivity index (χ0n) is 21.9. The number of para-hydroxylation sites is 2. The Labute approximate surface area is 240 Å². The van der Waals surface area contributed by atoms with Crippen LogP contribution in [0.2, 0.25) is 0 Å². The molecule has 0 saturated carbocycles. The number of carbonyl (C=O) groups excluding carboxylic acids is 4. The first-order valence-corrected chi connectivity index (χ1v) is 13.1. The van der Waals surface area contributed by atoms with Gasteiger partial charge in [-0.25, -0.2) is 9.80 Å². The first kappa shape index (κ1) is 25.0. The molecule has 8 nitrogen and oxygen atoms in total. The van der Waals surface area contributed by atoms with Crippen LogP contribution in [-0.4, -0.2) is 23.6 Å². The molecule has 2 aliphatic heterocycles. The van der Waals surface area contributed by atoms with Crippen molar-refractivity contribution in [2.24, 2.45) is 0 Å². The minimum absolute atomic E-state index is 0.192. The Morgan fingerprint density at radius 2 is 0.762 bits per heavy atom. The van der Waals surface area contributed by atoms with Crippen LogP contribution in [0.25, 0.3) is 0 Å². The second kappa shape index (κ2) is 9.87. The van der Waals surface area contributed by atoms with Crippen molar-refractivity contribution in [1.29, 1.82) is 0 Å². The van der Waals surface area contributed by atoms with Gasteiger partial charge in [-0.2, -0.15) is 0 Å². The second-order valence-electron chi connectivity index (χ2n) is 9.60. The van der Waals surface area contributed by atoms with Gasteiger partial charge in [-0.3, -0.25) is 19.2 Å². The summed E-state index contributed by atoms with van der Waals surface area (Å²) in [7, 11) is 0. The van der Waals surface area contributed by atoms with Gasteiger partial charge in [0.1, 0.15) is 23.0 Å². The Morgan fingerprint density at radius 1 is 0.381 bits per heavy atom. The number of ether oxygens (including phenoxy) is 2. The highest BCUT2D eigenvalue weighted by molar-refractivity contribution is 6.36. The molecule has 0 spiro atoms. The van der Waals surface area contributed by atoms with E-state index >= 15 is 0 Å². The van der Waals surface area contributed by atoms with E-state index in [1.165, 1.54) is 0 Å². The number of hydrogen-bond donors (Lipinski definition) is 0. The molecule has 4 amide bonds. The zero-order valence-corrected chi connectivity index (χ0v) is 21.9. The van der Waals surface area contributed by atoms with E-state index in [4.69, 9.17) is 9.47 Å². The molecule has 202 valence electrons. The van der Waals surface area contributed by atoms with Crippen molar-refractivity contribution in [3.63, 3.8) is 0 Å². The third kappa shape index (κ3) is 4.01. The van der Waals surface area contributed by atoms with Gasteiger partial charge in [0.05, 0.1) is 33.6 Å². The van der Waals surface area contributed by atoms with Crippen LogP contribution < -0.4 is 19.3 Å². The molecular formula is C34H20N2O6. The molecule has 0 saturated heterocycles. The molecule has 0 radical (unpaired) electrons. The van der Waals surface area contributed by atoms with E-state index in [2.05, 4.69) is 0 Å². The number of fused-ring (bicyclic) bond motifs is 2. The second-order valence-corrected chi connectivity index (χ2v) is 9.60. The van der Waals surface area contributed by atoms with Crippen LogP contribution in [0.1, 0.15) is 41.4 Å². The Balaban J connectivity index is 1.12. The molecule has 0 atom stereocenters. The van der Waals surface area contributed by atoms with E-state index in [1.807, 2.05) is 12.1 Å². The number of rotatable bonds is 6. The van der Waals surface area contributed by atoms with Crippen molar-refractivity contribution in [2.45, 2.75) is 0 Å². The van der Waals surface area contributed by atoms with E-state index in [0.717, 1.165) is 9.80 Å². The lowest BCUT2D eigenvalue weighted by molar-refractivity contribution is 0.0909. The quantitative estimate of drug-likeness (QED) is 0.213. The van der Waals surface area contributed by atoms with Crippen LogP contribution in [0.15, 0.2) is 121 Å². The van der Waals surface area contributed by atoms with Crippen molar-refractivity contribution in [2.75, 3.05) is 9.80 Å². The van der Waals surface area contributed by atoms with Crippen molar-refractivity contribution in [3.05, 3.63) is 144 Å². The first-order valence-electron chi connectivity index (χ1n) is 13.1. The number of hydrogen-bond acceptors (Lipinski definition) is 6. The summed E-state index contributed by atoms with van der Waals surface area (Å²) >= 11 is 0. The summed E-state index contributed by atoms with van der Waals surface area (Å²) in [5, 5.41) is 0. The van der Waals surface area contributed by atoms with E-state index < -0.39 is 23.6 Å². The summed E-state index contributed by atoms with van der Waals surface area (Å²) in [5.74, 6) is -0.415. The molecule has 42 heavy (non-hydrogen) atoms. The average Bonchev–Trinajstić information content (AvgIpc) is 3.44. The minimum atomic E-state index is -0.460. The lowest BCUT2D eigenvalue weighted by atomic mass is 10.1. The fourth-order valence-corrected chi connectivity index (χ4v) is 5.13. The Hall–Kier alpha value is -6.02. The van der Waals surface area contributed by atoms with Gasteiger partial charge in [0, 0.05) is 0 Å². The predicted octanol–water partition coefficient (Wildman–Crippen LogP) is 6.87. The summed E-state index contributed by atoms with van der Waals surface area (Å²) < 4.78 is 12.1. The highest BCUT2D eigenvalue weighted by Gasteiger charge is 2.40. The van der Waals surface area contributed by atoms with Crippen LogP contribution in [-0.2, 0) is 0 Å². The molecule has 0 unspecified atom stereocenters. The summed E-state index contributed by atoms with van der Waals surface area (Å²) in [4.78, 5) is 54.9. The molecule has 5 aromatic carbocycles. The number of carbonyl (C=O) groups is 4. The van der Waals surface area contributed by atoms with Gasteiger partial charge in [-0.15, -0.1) is 0 Å². The van der Waals surface area contributed by atoms with Gasteiger partial charge in [0.2, 0.25) is 0 Å². The van der Waals surface area contributed by atoms with Crippen LogP contribution in [0.3, 0.4) is 0 Å². The lowest BCUT2D eigenvalue weighted by Gasteiger charge is -2.14. The highest BCUT2D eigenvalue weighted by Crippen LogP contribution is 2.38. The molecule has 8 heteroatoms. The van der Waals surface area contributed by atoms with Gasteiger partial charge in [0.25, 0.3) is 23.6 Å². The molecule has 7 rings (SSSR count). The van der Waals surface area contributed by atoms with E-state index in [1.54, 1.807) is 109 Å². The fourth-order valence-electron chi connectivity index (χ4n) is 5.13. The van der Waals surface area contributed by atoms with Crippen LogP contribution in [0.4, 0.5) is 11.4 Å². The number of benzene rings is 5. The van der Waals surface area contributed by atoms with E-state index in [0.29, 0.717) is 22.9 Å². The number of imide groups is 2. The van der Waals surface area contributed by atoms with E-state index in [9.17, 15) is 19.2 Å². The normalized spacial score (nSPS) is 13.8. The van der Waals surface area contributed by atoms with E-state index in [-0.39, 0.29) is 33.8 Å². The Kier molecular flexibility index (Phi) is 5.87. The topological polar surface area (TPSA) is 93.2 Å². The minimum Gasteiger partial charge on any atom is -0.457 e. The maximum absolute atomic E-state index is 13.3. The number of nitrogens with zero attached hydrogens (tertiary/aromatic N) is 2. The highest BCUT2D eigenvalue weighted by atomic mass is 16.5. The molecule has 2 aliphatic rings. The van der Waals surface area contributed by atoms with Gasteiger partial charge < -0.3 is 9.47 Å². The molecule has 0 fully saturated rings. The summed E-state index contributed by atoms with van der Waals surface area (Å²) in [6.45, 7) is 0.